The van der Waals surface area contributed by atoms with Crippen LogP contribution in [0.4, 0.5) is 0 Å². The van der Waals surface area contributed by atoms with Gasteiger partial charge in [0.05, 0.1) is 12.7 Å². The molecule has 1 heterocycles. The smallest absolute Gasteiger partial charge is 0.293 e. The van der Waals surface area contributed by atoms with Crippen LogP contribution in [0.15, 0.2) is 0 Å². The Morgan fingerprint density at radius 3 is 2.93 bits per heavy atom. The van der Waals surface area contributed by atoms with Crippen LogP contribution in [0.5, 0.6) is 0 Å². The average Bonchev–Trinajstić information content (AvgIpc) is 2.11. The van der Waals surface area contributed by atoms with Gasteiger partial charge in [-0.25, -0.2) is 0 Å². The molecule has 0 amide bonds. The maximum atomic E-state index is 9.87. The quantitative estimate of drug-likeness (QED) is 0.525. The maximum Gasteiger partial charge on any atom is 0.293 e. The van der Waals surface area contributed by atoms with Crippen molar-refractivity contribution in [3.05, 3.63) is 0 Å². The molecule has 1 aliphatic rings. The van der Waals surface area contributed by atoms with E-state index in [1.165, 1.54) is 0 Å². The van der Waals surface area contributed by atoms with Crippen molar-refractivity contribution in [1.82, 2.24) is 5.32 Å². The number of hydrogen-bond acceptors (Lipinski definition) is 4. The first-order chi connectivity index (χ1) is 6.64. The third kappa shape index (κ3) is 4.07. The molecule has 0 aromatic carbocycles. The SMILES string of the molecule is CC1(C)CC(OCCOC=O)CCN1. The number of nitrogens with one attached hydrogen (secondary N) is 1. The number of hydrogen-bond donors (Lipinski definition) is 1. The third-order valence-corrected chi connectivity index (χ3v) is 2.43. The molecule has 4 nitrogen and oxygen atoms in total. The lowest BCUT2D eigenvalue weighted by molar-refractivity contribution is -0.131. The van der Waals surface area contributed by atoms with Crippen LogP contribution in [0.3, 0.4) is 0 Å². The first-order valence-electron chi connectivity index (χ1n) is 5.06. The lowest BCUT2D eigenvalue weighted by Gasteiger charge is -2.36. The van der Waals surface area contributed by atoms with Crippen molar-refractivity contribution in [2.45, 2.75) is 38.3 Å². The minimum atomic E-state index is 0.161. The fraction of sp³-hybridized carbons (Fsp3) is 0.900. The largest absolute Gasteiger partial charge is 0.465 e. The third-order valence-electron chi connectivity index (χ3n) is 2.43. The average molecular weight is 201 g/mol. The summed E-state index contributed by atoms with van der Waals surface area (Å²) in [4.78, 5) is 9.87. The van der Waals surface area contributed by atoms with Gasteiger partial charge in [0, 0.05) is 5.54 Å². The van der Waals surface area contributed by atoms with Crippen molar-refractivity contribution in [2.75, 3.05) is 19.8 Å². The van der Waals surface area contributed by atoms with Crippen molar-refractivity contribution >= 4 is 6.47 Å². The fourth-order valence-electron chi connectivity index (χ4n) is 1.77. The highest BCUT2D eigenvalue weighted by Crippen LogP contribution is 2.20. The summed E-state index contributed by atoms with van der Waals surface area (Å²) in [5, 5.41) is 3.42. The summed E-state index contributed by atoms with van der Waals surface area (Å²) in [5.41, 5.74) is 0.161. The number of carbonyl (C=O) groups is 1. The van der Waals surface area contributed by atoms with Gasteiger partial charge in [0.25, 0.3) is 6.47 Å². The molecule has 1 fully saturated rings. The minimum Gasteiger partial charge on any atom is -0.465 e. The number of ether oxygens (including phenoxy) is 2. The molecule has 0 aliphatic carbocycles. The van der Waals surface area contributed by atoms with E-state index >= 15 is 0 Å². The zero-order valence-corrected chi connectivity index (χ0v) is 8.91. The first-order valence-corrected chi connectivity index (χ1v) is 5.06. The normalized spacial score (nSPS) is 25.7. The first kappa shape index (κ1) is 11.5. The van der Waals surface area contributed by atoms with Crippen molar-refractivity contribution in [1.29, 1.82) is 0 Å². The molecule has 1 atom stereocenters. The van der Waals surface area contributed by atoms with Crippen LogP contribution in [0.1, 0.15) is 26.7 Å². The van der Waals surface area contributed by atoms with Crippen LogP contribution in [-0.4, -0.2) is 37.9 Å². The summed E-state index contributed by atoms with van der Waals surface area (Å²) >= 11 is 0. The minimum absolute atomic E-state index is 0.161. The molecule has 0 radical (unpaired) electrons. The Labute approximate surface area is 85.0 Å². The highest BCUT2D eigenvalue weighted by molar-refractivity contribution is 5.36. The summed E-state index contributed by atoms with van der Waals surface area (Å²) < 4.78 is 10.2. The Balaban J connectivity index is 2.14. The lowest BCUT2D eigenvalue weighted by atomic mass is 9.91. The van der Waals surface area contributed by atoms with Gasteiger partial charge in [-0.1, -0.05) is 0 Å². The predicted octanol–water partition coefficient (Wildman–Crippen LogP) is 0.707. The molecule has 0 aromatic rings. The van der Waals surface area contributed by atoms with Gasteiger partial charge in [-0.2, -0.15) is 0 Å². The molecule has 14 heavy (non-hydrogen) atoms. The van der Waals surface area contributed by atoms with Crippen molar-refractivity contribution in [2.24, 2.45) is 0 Å². The standard InChI is InChI=1S/C10H19NO3/c1-10(2)7-9(3-4-11-10)14-6-5-13-8-12/h8-9,11H,3-7H2,1-2H3. The highest BCUT2D eigenvalue weighted by Gasteiger charge is 2.27. The van der Waals surface area contributed by atoms with Gasteiger partial charge in [-0.15, -0.1) is 0 Å². The molecule has 0 saturated carbocycles. The van der Waals surface area contributed by atoms with Gasteiger partial charge in [0.2, 0.25) is 0 Å². The molecular weight excluding hydrogens is 182 g/mol. The second-order valence-electron chi connectivity index (χ2n) is 4.26. The van der Waals surface area contributed by atoms with E-state index in [1.807, 2.05) is 0 Å². The van der Waals surface area contributed by atoms with Crippen LogP contribution >= 0.6 is 0 Å². The highest BCUT2D eigenvalue weighted by atomic mass is 16.5. The van der Waals surface area contributed by atoms with Gasteiger partial charge < -0.3 is 14.8 Å². The van der Waals surface area contributed by atoms with E-state index in [-0.39, 0.29) is 5.54 Å². The second-order valence-corrected chi connectivity index (χ2v) is 4.26. The Kier molecular flexibility index (Phi) is 4.35. The van der Waals surface area contributed by atoms with Crippen LogP contribution in [0, 0.1) is 0 Å². The van der Waals surface area contributed by atoms with Crippen LogP contribution in [0.2, 0.25) is 0 Å². The Morgan fingerprint density at radius 1 is 1.50 bits per heavy atom. The Bertz CT molecular complexity index is 182. The van der Waals surface area contributed by atoms with Crippen molar-refractivity contribution in [3.63, 3.8) is 0 Å². The zero-order chi connectivity index (χ0) is 10.4. The van der Waals surface area contributed by atoms with Gasteiger partial charge in [-0.05, 0) is 33.2 Å². The van der Waals surface area contributed by atoms with Crippen LogP contribution < -0.4 is 5.32 Å². The van der Waals surface area contributed by atoms with E-state index in [9.17, 15) is 4.79 Å². The fourth-order valence-corrected chi connectivity index (χ4v) is 1.77. The van der Waals surface area contributed by atoms with Crippen LogP contribution in [0.25, 0.3) is 0 Å². The van der Waals surface area contributed by atoms with Gasteiger partial charge >= 0.3 is 0 Å². The molecule has 4 heteroatoms. The summed E-state index contributed by atoms with van der Waals surface area (Å²) in [6.07, 6.45) is 2.33. The number of rotatable bonds is 5. The molecule has 1 rings (SSSR count). The van der Waals surface area contributed by atoms with Crippen LogP contribution in [-0.2, 0) is 14.3 Å². The molecule has 0 bridgehead atoms. The van der Waals surface area contributed by atoms with E-state index in [1.54, 1.807) is 0 Å². The summed E-state index contributed by atoms with van der Waals surface area (Å²) in [5.74, 6) is 0. The van der Waals surface area contributed by atoms with Gasteiger partial charge in [0.1, 0.15) is 6.61 Å². The van der Waals surface area contributed by atoms with E-state index < -0.39 is 0 Å². The van der Waals surface area contributed by atoms with Gasteiger partial charge in [0.15, 0.2) is 0 Å². The monoisotopic (exact) mass is 201 g/mol. The Hall–Kier alpha value is -0.610. The topological polar surface area (TPSA) is 47.6 Å². The predicted molar refractivity (Wildman–Crippen MR) is 53.1 cm³/mol. The summed E-state index contributed by atoms with van der Waals surface area (Å²) in [6.45, 7) is 6.64. The molecule has 82 valence electrons. The van der Waals surface area contributed by atoms with Crippen molar-refractivity contribution < 1.29 is 14.3 Å². The van der Waals surface area contributed by atoms with Crippen molar-refractivity contribution in [3.8, 4) is 0 Å². The Morgan fingerprint density at radius 2 is 2.29 bits per heavy atom. The molecule has 1 unspecified atom stereocenters. The van der Waals surface area contributed by atoms with E-state index in [0.29, 0.717) is 25.8 Å². The van der Waals surface area contributed by atoms with E-state index in [0.717, 1.165) is 19.4 Å². The maximum absolute atomic E-state index is 9.87. The summed E-state index contributed by atoms with van der Waals surface area (Å²) in [7, 11) is 0. The zero-order valence-electron chi connectivity index (χ0n) is 8.91. The van der Waals surface area contributed by atoms with Gasteiger partial charge in [-0.3, -0.25) is 4.79 Å². The van der Waals surface area contributed by atoms with E-state index in [2.05, 4.69) is 23.9 Å². The van der Waals surface area contributed by atoms with E-state index in [4.69, 9.17) is 4.74 Å². The molecule has 1 saturated heterocycles. The molecule has 1 N–H and O–H groups in total. The molecule has 0 aromatic heterocycles. The molecule has 1 aliphatic heterocycles. The second kappa shape index (κ2) is 5.32. The molecular formula is C10H19NO3. The molecule has 0 spiro atoms. The summed E-state index contributed by atoms with van der Waals surface area (Å²) in [6, 6.07) is 0. The number of carbonyl (C=O) groups excluding carboxylic acids is 1. The number of piperidine rings is 1. The lowest BCUT2D eigenvalue weighted by Crippen LogP contribution is -2.48.